The number of nitrogens with two attached hydrogens (primary N) is 2. The predicted octanol–water partition coefficient (Wildman–Crippen LogP) is -1.21. The summed E-state index contributed by atoms with van der Waals surface area (Å²) in [5.41, 5.74) is 11.5. The molecule has 0 radical (unpaired) electrons. The topological polar surface area (TPSA) is 214 Å². The molecule has 0 aromatic heterocycles. The lowest BCUT2D eigenvalue weighted by atomic mass is 10.0. The Morgan fingerprint density at radius 3 is 1.97 bits per heavy atom. The molecule has 12 heteroatoms. The molecule has 0 heterocycles. The van der Waals surface area contributed by atoms with E-state index in [9.17, 15) is 34.2 Å². The smallest absolute Gasteiger partial charge is 0.326 e. The van der Waals surface area contributed by atoms with E-state index in [1.54, 1.807) is 30.3 Å². The number of nitrogens with one attached hydrogen (secondary N) is 3. The summed E-state index contributed by atoms with van der Waals surface area (Å²) in [4.78, 5) is 60.9. The number of benzene rings is 1. The SMILES string of the molecule is CC(C)CC(NC(=O)C(N)CCC(N)=O)C(=O)NC(C(=O)NC(Cc1ccccc1)C(=O)O)C(C)O. The summed E-state index contributed by atoms with van der Waals surface area (Å²) in [7, 11) is 0. The zero-order chi connectivity index (χ0) is 27.4. The summed E-state index contributed by atoms with van der Waals surface area (Å²) in [6, 6.07) is 3.71. The van der Waals surface area contributed by atoms with Gasteiger partial charge in [-0.3, -0.25) is 19.2 Å². The average molecular weight is 508 g/mol. The van der Waals surface area contributed by atoms with Crippen LogP contribution in [0.4, 0.5) is 0 Å². The van der Waals surface area contributed by atoms with Crippen LogP contribution in [-0.4, -0.2) is 70.1 Å². The fourth-order valence-corrected chi connectivity index (χ4v) is 3.38. The molecule has 9 N–H and O–H groups in total. The number of carboxylic acids is 1. The van der Waals surface area contributed by atoms with Crippen molar-refractivity contribution < 1.29 is 34.2 Å². The Balaban J connectivity index is 2.94. The number of aliphatic hydroxyl groups excluding tert-OH is 1. The minimum Gasteiger partial charge on any atom is -0.480 e. The molecule has 12 nitrogen and oxygen atoms in total. The van der Waals surface area contributed by atoms with Crippen LogP contribution in [0.1, 0.15) is 45.6 Å². The van der Waals surface area contributed by atoms with E-state index in [1.165, 1.54) is 6.92 Å². The maximum atomic E-state index is 13.0. The van der Waals surface area contributed by atoms with E-state index in [2.05, 4.69) is 16.0 Å². The van der Waals surface area contributed by atoms with Crippen molar-refractivity contribution in [3.05, 3.63) is 35.9 Å². The van der Waals surface area contributed by atoms with Gasteiger partial charge in [-0.05, 0) is 31.2 Å². The number of amides is 4. The Hall–Kier alpha value is -3.51. The largest absolute Gasteiger partial charge is 0.480 e. The normalized spacial score (nSPS) is 15.2. The third kappa shape index (κ3) is 10.8. The number of rotatable bonds is 15. The van der Waals surface area contributed by atoms with E-state index in [1.807, 2.05) is 13.8 Å². The molecule has 1 aromatic rings. The molecule has 0 aliphatic heterocycles. The summed E-state index contributed by atoms with van der Waals surface area (Å²) >= 11 is 0. The van der Waals surface area contributed by atoms with E-state index < -0.39 is 59.9 Å². The maximum absolute atomic E-state index is 13.0. The van der Waals surface area contributed by atoms with Crippen LogP contribution in [0.3, 0.4) is 0 Å². The standard InChI is InChI=1S/C24H37N5O7/c1-13(2)11-17(27-21(32)16(25)9-10-19(26)31)22(33)29-20(14(3)30)23(34)28-18(24(35)36)12-15-7-5-4-6-8-15/h4-8,13-14,16-18,20,30H,9-12,25H2,1-3H3,(H2,26,31)(H,27,32)(H,28,34)(H,29,33)(H,35,36). The fourth-order valence-electron chi connectivity index (χ4n) is 3.38. The summed E-state index contributed by atoms with van der Waals surface area (Å²) in [6.07, 6.45) is -1.28. The zero-order valence-electron chi connectivity index (χ0n) is 20.8. The summed E-state index contributed by atoms with van der Waals surface area (Å²) < 4.78 is 0. The molecule has 1 rings (SSSR count). The van der Waals surface area contributed by atoms with Crippen LogP contribution < -0.4 is 27.4 Å². The molecule has 0 saturated heterocycles. The molecule has 200 valence electrons. The van der Waals surface area contributed by atoms with Crippen LogP contribution in [0.25, 0.3) is 0 Å². The van der Waals surface area contributed by atoms with Crippen molar-refractivity contribution in [2.24, 2.45) is 17.4 Å². The van der Waals surface area contributed by atoms with Gasteiger partial charge in [-0.15, -0.1) is 0 Å². The lowest BCUT2D eigenvalue weighted by molar-refractivity contribution is -0.143. The minimum atomic E-state index is -1.48. The summed E-state index contributed by atoms with van der Waals surface area (Å²) in [5.74, 6) is -4.26. The van der Waals surface area contributed by atoms with Crippen molar-refractivity contribution in [3.63, 3.8) is 0 Å². The Kier molecular flexibility index (Phi) is 12.5. The minimum absolute atomic E-state index is 0.00237. The van der Waals surface area contributed by atoms with Crippen LogP contribution in [0.5, 0.6) is 0 Å². The van der Waals surface area contributed by atoms with E-state index in [-0.39, 0.29) is 31.6 Å². The van der Waals surface area contributed by atoms with E-state index in [4.69, 9.17) is 11.5 Å². The van der Waals surface area contributed by atoms with Gasteiger partial charge in [0.25, 0.3) is 0 Å². The molecule has 0 aliphatic rings. The van der Waals surface area contributed by atoms with Gasteiger partial charge < -0.3 is 37.6 Å². The number of carboxylic acid groups (broad SMARTS) is 1. The highest BCUT2D eigenvalue weighted by molar-refractivity contribution is 5.94. The second kappa shape index (κ2) is 14.8. The van der Waals surface area contributed by atoms with Gasteiger partial charge in [-0.2, -0.15) is 0 Å². The third-order valence-electron chi connectivity index (χ3n) is 5.34. The first-order valence-corrected chi connectivity index (χ1v) is 11.7. The molecule has 5 atom stereocenters. The van der Waals surface area contributed by atoms with Crippen molar-refractivity contribution in [3.8, 4) is 0 Å². The van der Waals surface area contributed by atoms with Crippen LogP contribution in [0, 0.1) is 5.92 Å². The highest BCUT2D eigenvalue weighted by Crippen LogP contribution is 2.08. The highest BCUT2D eigenvalue weighted by Gasteiger charge is 2.33. The van der Waals surface area contributed by atoms with Gasteiger partial charge in [0.05, 0.1) is 12.1 Å². The molecule has 0 spiro atoms. The number of hydrogen-bond acceptors (Lipinski definition) is 7. The molecular weight excluding hydrogens is 470 g/mol. The molecule has 0 fully saturated rings. The highest BCUT2D eigenvalue weighted by atomic mass is 16.4. The van der Waals surface area contributed by atoms with Crippen LogP contribution in [0.15, 0.2) is 30.3 Å². The molecule has 0 saturated carbocycles. The Morgan fingerprint density at radius 2 is 1.47 bits per heavy atom. The summed E-state index contributed by atoms with van der Waals surface area (Å²) in [5, 5.41) is 27.0. The molecule has 1 aromatic carbocycles. The summed E-state index contributed by atoms with van der Waals surface area (Å²) in [6.45, 7) is 4.91. The van der Waals surface area contributed by atoms with Gasteiger partial charge in [-0.1, -0.05) is 44.2 Å². The van der Waals surface area contributed by atoms with Crippen LogP contribution in [0.2, 0.25) is 0 Å². The van der Waals surface area contributed by atoms with Crippen molar-refractivity contribution in [1.29, 1.82) is 0 Å². The number of carbonyl (C=O) groups excluding carboxylic acids is 4. The van der Waals surface area contributed by atoms with Crippen molar-refractivity contribution in [2.45, 2.75) is 76.7 Å². The zero-order valence-corrected chi connectivity index (χ0v) is 20.8. The van der Waals surface area contributed by atoms with E-state index in [0.29, 0.717) is 5.56 Å². The lowest BCUT2D eigenvalue weighted by Crippen LogP contribution is -2.60. The van der Waals surface area contributed by atoms with Crippen LogP contribution >= 0.6 is 0 Å². The van der Waals surface area contributed by atoms with Gasteiger partial charge in [0.15, 0.2) is 0 Å². The lowest BCUT2D eigenvalue weighted by Gasteiger charge is -2.27. The maximum Gasteiger partial charge on any atom is 0.326 e. The van der Waals surface area contributed by atoms with E-state index >= 15 is 0 Å². The monoisotopic (exact) mass is 507 g/mol. The third-order valence-corrected chi connectivity index (χ3v) is 5.34. The molecular formula is C24H37N5O7. The van der Waals surface area contributed by atoms with Gasteiger partial charge in [0, 0.05) is 12.8 Å². The number of carbonyl (C=O) groups is 5. The van der Waals surface area contributed by atoms with Gasteiger partial charge in [-0.25, -0.2) is 4.79 Å². The van der Waals surface area contributed by atoms with Crippen molar-refractivity contribution in [2.75, 3.05) is 0 Å². The first-order chi connectivity index (χ1) is 16.8. The molecule has 36 heavy (non-hydrogen) atoms. The first-order valence-electron chi connectivity index (χ1n) is 11.7. The average Bonchev–Trinajstić information content (AvgIpc) is 2.79. The first kappa shape index (κ1) is 30.5. The van der Waals surface area contributed by atoms with E-state index in [0.717, 1.165) is 0 Å². The van der Waals surface area contributed by atoms with Crippen molar-refractivity contribution >= 4 is 29.6 Å². The second-order valence-electron chi connectivity index (χ2n) is 9.12. The molecule has 5 unspecified atom stereocenters. The number of aliphatic carboxylic acids is 1. The van der Waals surface area contributed by atoms with Gasteiger partial charge >= 0.3 is 5.97 Å². The quantitative estimate of drug-likeness (QED) is 0.152. The molecule has 0 bridgehead atoms. The van der Waals surface area contributed by atoms with Gasteiger partial charge in [0.2, 0.25) is 23.6 Å². The number of hydrogen-bond donors (Lipinski definition) is 7. The van der Waals surface area contributed by atoms with Gasteiger partial charge in [0.1, 0.15) is 18.1 Å². The Labute approximate surface area is 210 Å². The Bertz CT molecular complexity index is 907. The molecule has 0 aliphatic carbocycles. The fraction of sp³-hybridized carbons (Fsp3) is 0.542. The number of primary amides is 1. The number of aliphatic hydroxyl groups is 1. The Morgan fingerprint density at radius 1 is 0.889 bits per heavy atom. The molecule has 4 amide bonds. The predicted molar refractivity (Wildman–Crippen MR) is 131 cm³/mol. The second-order valence-corrected chi connectivity index (χ2v) is 9.12. The van der Waals surface area contributed by atoms with Crippen LogP contribution in [-0.2, 0) is 30.4 Å². The van der Waals surface area contributed by atoms with Crippen molar-refractivity contribution in [1.82, 2.24) is 16.0 Å².